The first-order valence-electron chi connectivity index (χ1n) is 12.9. The van der Waals surface area contributed by atoms with Gasteiger partial charge in [0, 0.05) is 32.2 Å². The van der Waals surface area contributed by atoms with E-state index in [-0.39, 0.29) is 17.9 Å². The summed E-state index contributed by atoms with van der Waals surface area (Å²) >= 11 is 0. The Morgan fingerprint density at radius 1 is 1.16 bits per heavy atom. The molecule has 38 heavy (non-hydrogen) atoms. The van der Waals surface area contributed by atoms with Gasteiger partial charge >= 0.3 is 0 Å². The lowest BCUT2D eigenvalue weighted by molar-refractivity contribution is -0.0179. The lowest BCUT2D eigenvalue weighted by Gasteiger charge is -2.32. The maximum absolute atomic E-state index is 13.7. The Morgan fingerprint density at radius 3 is 2.55 bits per heavy atom. The molecular weight excluding hydrogens is 508 g/mol. The average Bonchev–Trinajstić information content (AvgIpc) is 3.33. The molecule has 0 aliphatic carbocycles. The number of aryl methyl sites for hydroxylation is 1. The molecule has 0 N–H and O–H groups in total. The molecule has 11 nitrogen and oxygen atoms in total. The van der Waals surface area contributed by atoms with Crippen LogP contribution in [0.25, 0.3) is 11.5 Å². The van der Waals surface area contributed by atoms with E-state index in [0.717, 1.165) is 24.8 Å². The van der Waals surface area contributed by atoms with Gasteiger partial charge in [0.25, 0.3) is 0 Å². The monoisotopic (exact) mass is 544 g/mol. The number of nitrogens with zero attached hydrogens (tertiary/aromatic N) is 6. The summed E-state index contributed by atoms with van der Waals surface area (Å²) in [5, 5.41) is 7.87. The molecule has 1 fully saturated rings. The second-order valence-corrected chi connectivity index (χ2v) is 11.9. The number of rotatable bonds is 11. The molecule has 0 amide bonds. The molecule has 0 spiro atoms. The van der Waals surface area contributed by atoms with Gasteiger partial charge in [-0.2, -0.15) is 0 Å². The van der Waals surface area contributed by atoms with Crippen LogP contribution in [0.2, 0.25) is 0 Å². The SMILES string of the molecule is CC[C@@H]([C@@H]1CCCCO1)n1c(CS(=O)(=O)[C@@H](C)[C@H](OC)c2ncc(C)cn2)nnc1-c1cccc(OC)n1. The van der Waals surface area contributed by atoms with Gasteiger partial charge in [-0.05, 0) is 51.2 Å². The molecule has 1 saturated heterocycles. The van der Waals surface area contributed by atoms with Crippen molar-refractivity contribution in [3.8, 4) is 17.4 Å². The highest BCUT2D eigenvalue weighted by Crippen LogP contribution is 2.33. The Morgan fingerprint density at radius 2 is 1.92 bits per heavy atom. The highest BCUT2D eigenvalue weighted by atomic mass is 32.2. The van der Waals surface area contributed by atoms with Gasteiger partial charge in [0.15, 0.2) is 21.5 Å². The van der Waals surface area contributed by atoms with E-state index in [9.17, 15) is 8.42 Å². The average molecular weight is 545 g/mol. The van der Waals surface area contributed by atoms with E-state index in [1.807, 2.05) is 23.6 Å². The minimum absolute atomic E-state index is 0.0827. The molecule has 0 radical (unpaired) electrons. The molecule has 1 aliphatic rings. The van der Waals surface area contributed by atoms with E-state index < -0.39 is 21.2 Å². The van der Waals surface area contributed by atoms with E-state index in [2.05, 4.69) is 32.1 Å². The van der Waals surface area contributed by atoms with Crippen LogP contribution in [0.3, 0.4) is 0 Å². The quantitative estimate of drug-likeness (QED) is 0.352. The molecule has 0 saturated carbocycles. The first-order valence-corrected chi connectivity index (χ1v) is 14.6. The zero-order chi connectivity index (χ0) is 27.3. The largest absolute Gasteiger partial charge is 0.481 e. The first kappa shape index (κ1) is 28.1. The fourth-order valence-electron chi connectivity index (χ4n) is 4.84. The molecule has 0 unspecified atom stereocenters. The van der Waals surface area contributed by atoms with Crippen LogP contribution >= 0.6 is 0 Å². The van der Waals surface area contributed by atoms with Gasteiger partial charge in [-0.15, -0.1) is 10.2 Å². The van der Waals surface area contributed by atoms with Crippen molar-refractivity contribution in [3.63, 3.8) is 0 Å². The first-order chi connectivity index (χ1) is 18.3. The fourth-order valence-corrected chi connectivity index (χ4v) is 6.26. The predicted molar refractivity (Wildman–Crippen MR) is 141 cm³/mol. The van der Waals surface area contributed by atoms with E-state index >= 15 is 0 Å². The Hall–Kier alpha value is -2.96. The van der Waals surface area contributed by atoms with E-state index in [4.69, 9.17) is 14.2 Å². The van der Waals surface area contributed by atoms with Crippen molar-refractivity contribution in [2.75, 3.05) is 20.8 Å². The summed E-state index contributed by atoms with van der Waals surface area (Å²) in [4.78, 5) is 13.1. The zero-order valence-electron chi connectivity index (χ0n) is 22.6. The molecule has 206 valence electrons. The summed E-state index contributed by atoms with van der Waals surface area (Å²) in [6.07, 6.45) is 6.02. The van der Waals surface area contributed by atoms with Crippen LogP contribution in [0.5, 0.6) is 5.88 Å². The van der Waals surface area contributed by atoms with E-state index in [0.29, 0.717) is 42.1 Å². The zero-order valence-corrected chi connectivity index (χ0v) is 23.4. The van der Waals surface area contributed by atoms with Crippen LogP contribution in [-0.4, -0.2) is 70.3 Å². The van der Waals surface area contributed by atoms with Crippen LogP contribution < -0.4 is 4.74 Å². The van der Waals surface area contributed by atoms with Gasteiger partial charge in [-0.3, -0.25) is 0 Å². The number of pyridine rings is 1. The molecular formula is C26H36N6O5S. The van der Waals surface area contributed by atoms with Crippen molar-refractivity contribution in [2.45, 2.75) is 75.7 Å². The second-order valence-electron chi connectivity index (χ2n) is 9.54. The van der Waals surface area contributed by atoms with Crippen molar-refractivity contribution in [2.24, 2.45) is 0 Å². The van der Waals surface area contributed by atoms with Crippen LogP contribution in [-0.2, 0) is 25.1 Å². The topological polar surface area (TPSA) is 131 Å². The summed E-state index contributed by atoms with van der Waals surface area (Å²) < 4.78 is 46.4. The third-order valence-electron chi connectivity index (χ3n) is 6.95. The minimum atomic E-state index is -3.77. The van der Waals surface area contributed by atoms with E-state index in [1.54, 1.807) is 32.5 Å². The number of methoxy groups -OCH3 is 2. The minimum Gasteiger partial charge on any atom is -0.481 e. The number of hydrogen-bond donors (Lipinski definition) is 0. The summed E-state index contributed by atoms with van der Waals surface area (Å²) in [5.74, 6) is 1.23. The highest BCUT2D eigenvalue weighted by Gasteiger charge is 2.36. The van der Waals surface area contributed by atoms with Gasteiger partial charge in [-0.25, -0.2) is 23.4 Å². The summed E-state index contributed by atoms with van der Waals surface area (Å²) in [7, 11) is -0.766. The number of aromatic nitrogens is 6. The molecule has 1 aliphatic heterocycles. The highest BCUT2D eigenvalue weighted by molar-refractivity contribution is 7.91. The summed E-state index contributed by atoms with van der Waals surface area (Å²) in [6.45, 7) is 6.21. The molecule has 4 heterocycles. The van der Waals surface area contributed by atoms with Crippen LogP contribution in [0.15, 0.2) is 30.6 Å². The van der Waals surface area contributed by atoms with Crippen molar-refractivity contribution < 1.29 is 22.6 Å². The Balaban J connectivity index is 1.73. The normalized spacial score (nSPS) is 18.6. The summed E-state index contributed by atoms with van der Waals surface area (Å²) in [5.41, 5.74) is 1.42. The molecule has 3 aromatic heterocycles. The van der Waals surface area contributed by atoms with Crippen molar-refractivity contribution in [1.82, 2.24) is 29.7 Å². The number of hydrogen-bond acceptors (Lipinski definition) is 10. The third-order valence-corrected chi connectivity index (χ3v) is 9.00. The Labute approximate surface area is 223 Å². The van der Waals surface area contributed by atoms with Gasteiger partial charge in [-0.1, -0.05) is 13.0 Å². The maximum atomic E-state index is 13.7. The Kier molecular flexibility index (Phi) is 9.06. The van der Waals surface area contributed by atoms with Crippen molar-refractivity contribution in [1.29, 1.82) is 0 Å². The van der Waals surface area contributed by atoms with Gasteiger partial charge in [0.2, 0.25) is 5.88 Å². The van der Waals surface area contributed by atoms with Gasteiger partial charge in [0.05, 0.1) is 24.5 Å². The lowest BCUT2D eigenvalue weighted by Crippen LogP contribution is -2.33. The number of ether oxygens (including phenoxy) is 3. The molecule has 12 heteroatoms. The standard InChI is InChI=1S/C26H36N6O5S/c1-6-20(21-11-7-8-13-37-21)32-22(30-31-26(32)19-10-9-12-23(29-19)35-4)16-38(33,34)18(3)24(36-5)25-27-14-17(2)15-28-25/h9-10,12,14-15,18,20-21,24H,6-8,11,13,16H2,1-5H3/t18-,20-,21-,24-/m0/s1. The third kappa shape index (κ3) is 6.02. The molecule has 0 bridgehead atoms. The van der Waals surface area contributed by atoms with Crippen LogP contribution in [0.4, 0.5) is 0 Å². The lowest BCUT2D eigenvalue weighted by atomic mass is 9.99. The molecule has 4 rings (SSSR count). The Bertz CT molecular complexity index is 1310. The smallest absolute Gasteiger partial charge is 0.213 e. The van der Waals surface area contributed by atoms with Gasteiger partial charge in [0.1, 0.15) is 23.4 Å². The fraction of sp³-hybridized carbons (Fsp3) is 0.577. The molecule has 0 aromatic carbocycles. The van der Waals surface area contributed by atoms with Crippen LogP contribution in [0.1, 0.15) is 68.9 Å². The van der Waals surface area contributed by atoms with Gasteiger partial charge < -0.3 is 18.8 Å². The second kappa shape index (κ2) is 12.3. The maximum Gasteiger partial charge on any atom is 0.213 e. The molecule has 3 aromatic rings. The molecule has 4 atom stereocenters. The number of sulfone groups is 1. The van der Waals surface area contributed by atoms with E-state index in [1.165, 1.54) is 7.11 Å². The van der Waals surface area contributed by atoms with Crippen molar-refractivity contribution >= 4 is 9.84 Å². The predicted octanol–water partition coefficient (Wildman–Crippen LogP) is 3.66. The summed E-state index contributed by atoms with van der Waals surface area (Å²) in [6, 6.07) is 5.22. The van der Waals surface area contributed by atoms with Crippen LogP contribution in [0, 0.1) is 6.92 Å². The van der Waals surface area contributed by atoms with Crippen molar-refractivity contribution in [3.05, 3.63) is 47.8 Å².